The van der Waals surface area contributed by atoms with Gasteiger partial charge in [0.25, 0.3) is 0 Å². The number of hydrogen-bond acceptors (Lipinski definition) is 1. The van der Waals surface area contributed by atoms with Crippen LogP contribution in [-0.2, 0) is 4.74 Å². The van der Waals surface area contributed by atoms with Crippen molar-refractivity contribution in [1.29, 1.82) is 0 Å². The molecule has 8 heavy (non-hydrogen) atoms. The third-order valence-corrected chi connectivity index (χ3v) is 0.689. The topological polar surface area (TPSA) is 9.23 Å². The Morgan fingerprint density at radius 2 is 2.25 bits per heavy atom. The van der Waals surface area contributed by atoms with Crippen molar-refractivity contribution in [1.82, 2.24) is 0 Å². The first-order valence-corrected chi connectivity index (χ1v) is 2.98. The van der Waals surface area contributed by atoms with Crippen molar-refractivity contribution < 1.29 is 4.74 Å². The summed E-state index contributed by atoms with van der Waals surface area (Å²) in [5.41, 5.74) is 0. The first kappa shape index (κ1) is 7.70. The summed E-state index contributed by atoms with van der Waals surface area (Å²) in [7, 11) is 0. The molecule has 0 aliphatic heterocycles. The molecule has 0 aromatic carbocycles. The quantitative estimate of drug-likeness (QED) is 0.507. The van der Waals surface area contributed by atoms with E-state index in [-0.39, 0.29) is 0 Å². The van der Waals surface area contributed by atoms with E-state index in [4.69, 9.17) is 4.74 Å². The fraction of sp³-hybridized carbons (Fsp3) is 0.571. The third kappa shape index (κ3) is 5.70. The summed E-state index contributed by atoms with van der Waals surface area (Å²) in [6.07, 6.45) is 4.90. The highest BCUT2D eigenvalue weighted by molar-refractivity contribution is 4.85. The molecule has 0 saturated carbocycles. The zero-order valence-corrected chi connectivity index (χ0v) is 5.55. The zero-order valence-electron chi connectivity index (χ0n) is 5.55. The largest absolute Gasteiger partial charge is 0.371 e. The normalized spacial score (nSPS) is 10.8. The van der Waals surface area contributed by atoms with Crippen LogP contribution in [0.2, 0.25) is 0 Å². The van der Waals surface area contributed by atoms with Crippen LogP contribution in [-0.4, -0.2) is 6.61 Å². The Labute approximate surface area is 51.4 Å². The maximum absolute atomic E-state index is 5.01. The fourth-order valence-corrected chi connectivity index (χ4v) is 0.320. The fourth-order valence-electron chi connectivity index (χ4n) is 0.320. The summed E-state index contributed by atoms with van der Waals surface area (Å²) in [5.74, 6) is 0. The van der Waals surface area contributed by atoms with Gasteiger partial charge in [-0.1, -0.05) is 19.1 Å². The molecular formula is C7H13O. The first-order valence-electron chi connectivity index (χ1n) is 2.98. The van der Waals surface area contributed by atoms with E-state index in [1.54, 1.807) is 6.61 Å². The van der Waals surface area contributed by atoms with Crippen LogP contribution in [0.4, 0.5) is 0 Å². The molecule has 1 nitrogen and oxygen atoms in total. The van der Waals surface area contributed by atoms with Gasteiger partial charge in [-0.15, -0.1) is 0 Å². The number of rotatable bonds is 4. The molecule has 0 spiro atoms. The SMILES string of the molecule is CC=C[CH]OCCC. The molecule has 0 atom stereocenters. The van der Waals surface area contributed by atoms with Crippen molar-refractivity contribution in [3.05, 3.63) is 18.8 Å². The average molecular weight is 113 g/mol. The average Bonchev–Trinajstić information content (AvgIpc) is 1.81. The predicted molar refractivity (Wildman–Crippen MR) is 35.4 cm³/mol. The molecule has 0 N–H and O–H groups in total. The molecule has 0 aromatic heterocycles. The van der Waals surface area contributed by atoms with Gasteiger partial charge in [-0.2, -0.15) is 0 Å². The van der Waals surface area contributed by atoms with Gasteiger partial charge in [-0.05, 0) is 13.3 Å². The second-order valence-corrected chi connectivity index (χ2v) is 1.53. The van der Waals surface area contributed by atoms with Crippen LogP contribution in [0.15, 0.2) is 12.2 Å². The Kier molecular flexibility index (Phi) is 6.45. The van der Waals surface area contributed by atoms with Crippen LogP contribution in [0, 0.1) is 6.61 Å². The predicted octanol–water partition coefficient (Wildman–Crippen LogP) is 2.15. The molecule has 1 radical (unpaired) electrons. The Hall–Kier alpha value is -0.300. The maximum Gasteiger partial charge on any atom is 0.105 e. The second-order valence-electron chi connectivity index (χ2n) is 1.53. The smallest absolute Gasteiger partial charge is 0.105 e. The summed E-state index contributed by atoms with van der Waals surface area (Å²) in [6.45, 7) is 6.59. The Bertz CT molecular complexity index is 57.4. The Morgan fingerprint density at radius 3 is 2.75 bits per heavy atom. The first-order chi connectivity index (χ1) is 3.91. The zero-order chi connectivity index (χ0) is 6.24. The van der Waals surface area contributed by atoms with Crippen molar-refractivity contribution >= 4 is 0 Å². The second kappa shape index (κ2) is 6.70. The lowest BCUT2D eigenvalue weighted by Crippen LogP contribution is -1.85. The molecule has 0 fully saturated rings. The van der Waals surface area contributed by atoms with E-state index in [1.165, 1.54) is 0 Å². The molecule has 0 bridgehead atoms. The maximum atomic E-state index is 5.01. The van der Waals surface area contributed by atoms with Gasteiger partial charge in [0.2, 0.25) is 0 Å². The Balaban J connectivity index is 2.72. The highest BCUT2D eigenvalue weighted by Crippen LogP contribution is 1.85. The lowest BCUT2D eigenvalue weighted by molar-refractivity contribution is 0.216. The summed E-state index contributed by atoms with van der Waals surface area (Å²) < 4.78 is 5.01. The highest BCUT2D eigenvalue weighted by atomic mass is 16.5. The van der Waals surface area contributed by atoms with E-state index in [0.717, 1.165) is 13.0 Å². The van der Waals surface area contributed by atoms with E-state index in [1.807, 2.05) is 19.1 Å². The van der Waals surface area contributed by atoms with Crippen molar-refractivity contribution in [3.63, 3.8) is 0 Å². The lowest BCUT2D eigenvalue weighted by atomic mass is 10.5. The summed E-state index contributed by atoms with van der Waals surface area (Å²) >= 11 is 0. The molecule has 0 saturated heterocycles. The molecule has 1 heteroatoms. The molecule has 0 aliphatic carbocycles. The van der Waals surface area contributed by atoms with Gasteiger partial charge >= 0.3 is 0 Å². The van der Waals surface area contributed by atoms with Gasteiger partial charge in [-0.25, -0.2) is 0 Å². The van der Waals surface area contributed by atoms with E-state index < -0.39 is 0 Å². The number of ether oxygens (including phenoxy) is 1. The number of hydrogen-bond donors (Lipinski definition) is 0. The molecule has 0 aliphatic rings. The molecule has 47 valence electrons. The van der Waals surface area contributed by atoms with Crippen molar-refractivity contribution in [3.8, 4) is 0 Å². The van der Waals surface area contributed by atoms with Gasteiger partial charge in [0.05, 0.1) is 0 Å². The van der Waals surface area contributed by atoms with Crippen LogP contribution in [0.25, 0.3) is 0 Å². The summed E-state index contributed by atoms with van der Waals surface area (Å²) in [5, 5.41) is 0. The minimum Gasteiger partial charge on any atom is -0.371 e. The monoisotopic (exact) mass is 113 g/mol. The molecule has 0 heterocycles. The van der Waals surface area contributed by atoms with Gasteiger partial charge in [0.1, 0.15) is 6.61 Å². The van der Waals surface area contributed by atoms with Gasteiger partial charge in [0, 0.05) is 6.61 Å². The van der Waals surface area contributed by atoms with Crippen LogP contribution in [0.1, 0.15) is 20.3 Å². The molecule has 0 unspecified atom stereocenters. The van der Waals surface area contributed by atoms with E-state index in [2.05, 4.69) is 6.92 Å². The Morgan fingerprint density at radius 1 is 1.50 bits per heavy atom. The van der Waals surface area contributed by atoms with Crippen molar-refractivity contribution in [2.75, 3.05) is 6.61 Å². The molecule has 0 rings (SSSR count). The van der Waals surface area contributed by atoms with E-state index in [0.29, 0.717) is 0 Å². The van der Waals surface area contributed by atoms with Crippen LogP contribution in [0.3, 0.4) is 0 Å². The van der Waals surface area contributed by atoms with Crippen LogP contribution < -0.4 is 0 Å². The van der Waals surface area contributed by atoms with Crippen LogP contribution in [0.5, 0.6) is 0 Å². The minimum absolute atomic E-state index is 0.824. The molecule has 0 aromatic rings. The van der Waals surface area contributed by atoms with Gasteiger partial charge in [0.15, 0.2) is 0 Å². The van der Waals surface area contributed by atoms with Crippen molar-refractivity contribution in [2.45, 2.75) is 20.3 Å². The standard InChI is InChI=1S/C7H13O/c1-3-5-7-8-6-4-2/h3,5,7H,4,6H2,1-2H3. The highest BCUT2D eigenvalue weighted by Gasteiger charge is 1.77. The molecular weight excluding hydrogens is 100 g/mol. The summed E-state index contributed by atoms with van der Waals surface area (Å²) in [6, 6.07) is 0. The van der Waals surface area contributed by atoms with Gasteiger partial charge in [-0.3, -0.25) is 0 Å². The summed E-state index contributed by atoms with van der Waals surface area (Å²) in [4.78, 5) is 0. The van der Waals surface area contributed by atoms with E-state index in [9.17, 15) is 0 Å². The lowest BCUT2D eigenvalue weighted by Gasteiger charge is -1.92. The molecule has 0 amide bonds. The van der Waals surface area contributed by atoms with E-state index >= 15 is 0 Å². The third-order valence-electron chi connectivity index (χ3n) is 0.689. The van der Waals surface area contributed by atoms with Gasteiger partial charge < -0.3 is 4.74 Å². The number of allylic oxidation sites excluding steroid dienone is 1. The minimum atomic E-state index is 0.824. The van der Waals surface area contributed by atoms with Crippen LogP contribution >= 0.6 is 0 Å². The van der Waals surface area contributed by atoms with Crippen molar-refractivity contribution in [2.24, 2.45) is 0 Å².